The van der Waals surface area contributed by atoms with E-state index >= 15 is 0 Å². The predicted octanol–water partition coefficient (Wildman–Crippen LogP) is 4.69. The van der Waals surface area contributed by atoms with Gasteiger partial charge in [-0.15, -0.1) is 0 Å². The molecule has 2 aromatic rings. The summed E-state index contributed by atoms with van der Waals surface area (Å²) in [7, 11) is 0. The Bertz CT molecular complexity index is 1100. The number of piperazine rings is 1. The first kappa shape index (κ1) is 24.4. The number of anilines is 1. The smallest absolute Gasteiger partial charge is 0.290 e. The molecule has 3 unspecified atom stereocenters. The number of hydrogen-bond acceptors (Lipinski definition) is 5. The second kappa shape index (κ2) is 8.96. The van der Waals surface area contributed by atoms with Crippen molar-refractivity contribution in [1.29, 1.82) is 0 Å². The second-order valence-corrected chi connectivity index (χ2v) is 11.2. The van der Waals surface area contributed by atoms with Crippen LogP contribution in [0.1, 0.15) is 68.7 Å². The van der Waals surface area contributed by atoms with Crippen LogP contribution in [0.3, 0.4) is 0 Å². The molecule has 3 aliphatic rings. The number of alkyl halides is 2. The lowest BCUT2D eigenvalue weighted by molar-refractivity contribution is -0.133. The molecule has 0 bridgehead atoms. The molecule has 1 aliphatic carbocycles. The molecule has 1 N–H and O–H groups in total. The van der Waals surface area contributed by atoms with Gasteiger partial charge in [-0.2, -0.15) is 8.78 Å². The highest BCUT2D eigenvalue weighted by Gasteiger charge is 2.47. The normalized spacial score (nSPS) is 26.0. The number of carbonyl (C=O) groups excluding carboxylic acids is 1. The summed E-state index contributed by atoms with van der Waals surface area (Å²) in [5.74, 6) is -2.85. The zero-order valence-electron chi connectivity index (χ0n) is 20.4. The van der Waals surface area contributed by atoms with Gasteiger partial charge in [0.25, 0.3) is 5.92 Å². The van der Waals surface area contributed by atoms with Crippen molar-refractivity contribution in [3.63, 3.8) is 0 Å². The van der Waals surface area contributed by atoms with Crippen LogP contribution < -0.4 is 10.2 Å². The zero-order chi connectivity index (χ0) is 25.0. The molecule has 2 aliphatic heterocycles. The minimum absolute atomic E-state index is 0.0134. The summed E-state index contributed by atoms with van der Waals surface area (Å²) in [4.78, 5) is 26.1. The van der Waals surface area contributed by atoms with Crippen molar-refractivity contribution in [3.05, 3.63) is 52.4 Å². The van der Waals surface area contributed by atoms with Crippen molar-refractivity contribution in [2.45, 2.75) is 69.4 Å². The molecule has 3 heterocycles. The van der Waals surface area contributed by atoms with E-state index in [1.54, 1.807) is 6.92 Å². The molecule has 2 saturated heterocycles. The first-order chi connectivity index (χ1) is 16.6. The van der Waals surface area contributed by atoms with Gasteiger partial charge in [-0.1, -0.05) is 30.7 Å². The Balaban J connectivity index is 1.34. The van der Waals surface area contributed by atoms with Gasteiger partial charge >= 0.3 is 0 Å². The molecule has 0 saturated carbocycles. The molecule has 188 valence electrons. The van der Waals surface area contributed by atoms with E-state index in [0.29, 0.717) is 42.6 Å². The van der Waals surface area contributed by atoms with Gasteiger partial charge in [0.15, 0.2) is 0 Å². The Morgan fingerprint density at radius 1 is 1.14 bits per heavy atom. The summed E-state index contributed by atoms with van der Waals surface area (Å²) in [6.07, 6.45) is 2.93. The van der Waals surface area contributed by atoms with E-state index < -0.39 is 5.92 Å². The van der Waals surface area contributed by atoms with Crippen LogP contribution in [0, 0.1) is 0 Å². The minimum atomic E-state index is -2.92. The Hall–Kier alpha value is -2.32. The summed E-state index contributed by atoms with van der Waals surface area (Å²) >= 11 is 6.12. The monoisotopic (exact) mass is 503 g/mol. The van der Waals surface area contributed by atoms with E-state index in [4.69, 9.17) is 11.6 Å². The third kappa shape index (κ3) is 4.62. The number of amides is 1. The van der Waals surface area contributed by atoms with Crippen LogP contribution >= 0.6 is 11.6 Å². The molecular formula is C26H32ClF2N5O. The fourth-order valence-electron chi connectivity index (χ4n) is 5.93. The number of halogens is 3. The highest BCUT2D eigenvalue weighted by Crippen LogP contribution is 2.49. The fourth-order valence-corrected chi connectivity index (χ4v) is 6.06. The van der Waals surface area contributed by atoms with Gasteiger partial charge in [0, 0.05) is 54.8 Å². The van der Waals surface area contributed by atoms with Crippen molar-refractivity contribution in [2.24, 2.45) is 0 Å². The number of rotatable bonds is 4. The van der Waals surface area contributed by atoms with Gasteiger partial charge in [0.1, 0.15) is 17.8 Å². The average molecular weight is 504 g/mol. The van der Waals surface area contributed by atoms with Crippen molar-refractivity contribution in [3.8, 4) is 0 Å². The molecule has 35 heavy (non-hydrogen) atoms. The Kier molecular flexibility index (Phi) is 6.24. The van der Waals surface area contributed by atoms with Crippen LogP contribution in [0.5, 0.6) is 0 Å². The molecule has 3 atom stereocenters. The number of hydrogen-bond donors (Lipinski definition) is 1. The van der Waals surface area contributed by atoms with Gasteiger partial charge in [-0.3, -0.25) is 4.79 Å². The lowest BCUT2D eigenvalue weighted by Gasteiger charge is -2.39. The van der Waals surface area contributed by atoms with Crippen LogP contribution in [0.15, 0.2) is 30.6 Å². The van der Waals surface area contributed by atoms with Crippen molar-refractivity contribution in [1.82, 2.24) is 20.2 Å². The SMILES string of the molecule is CC1CC(F)(F)c2ncnc(N3CCN(C(=O)C(c4ccc(Cl)cc4)C4CCC(C)(C)N4)CC3)c21. The van der Waals surface area contributed by atoms with Gasteiger partial charge in [-0.05, 0) is 50.3 Å². The summed E-state index contributed by atoms with van der Waals surface area (Å²) in [6, 6.07) is 7.61. The summed E-state index contributed by atoms with van der Waals surface area (Å²) < 4.78 is 28.8. The van der Waals surface area contributed by atoms with Crippen molar-refractivity contribution >= 4 is 23.3 Å². The summed E-state index contributed by atoms with van der Waals surface area (Å²) in [6.45, 7) is 8.26. The van der Waals surface area contributed by atoms with Gasteiger partial charge in [0.2, 0.25) is 5.91 Å². The number of carbonyl (C=O) groups is 1. The molecule has 6 nitrogen and oxygen atoms in total. The second-order valence-electron chi connectivity index (χ2n) is 10.8. The molecular weight excluding hydrogens is 472 g/mol. The van der Waals surface area contributed by atoms with E-state index in [1.807, 2.05) is 34.1 Å². The number of nitrogens with one attached hydrogen (secondary N) is 1. The van der Waals surface area contributed by atoms with E-state index in [9.17, 15) is 13.6 Å². The van der Waals surface area contributed by atoms with E-state index in [2.05, 4.69) is 29.1 Å². The van der Waals surface area contributed by atoms with Gasteiger partial charge in [-0.25, -0.2) is 9.97 Å². The average Bonchev–Trinajstić information content (AvgIpc) is 3.30. The third-order valence-corrected chi connectivity index (χ3v) is 7.96. The van der Waals surface area contributed by atoms with Crippen LogP contribution in [-0.4, -0.2) is 58.5 Å². The van der Waals surface area contributed by atoms with Crippen molar-refractivity contribution < 1.29 is 13.6 Å². The first-order valence-electron chi connectivity index (χ1n) is 12.4. The standard InChI is InChI=1S/C26H32ClF2N5O/c1-16-14-26(28,29)22-20(16)23(31-15-30-22)33-10-12-34(13-11-33)24(35)21(17-4-6-18(27)7-5-17)19-8-9-25(2,3)32-19/h4-7,15-16,19,21,32H,8-14H2,1-3H3. The van der Waals surface area contributed by atoms with Gasteiger partial charge in [0.05, 0.1) is 5.92 Å². The lowest BCUT2D eigenvalue weighted by Crippen LogP contribution is -2.53. The van der Waals surface area contributed by atoms with Crippen LogP contribution in [0.4, 0.5) is 14.6 Å². The number of nitrogens with zero attached hydrogens (tertiary/aromatic N) is 4. The maximum Gasteiger partial charge on any atom is 0.290 e. The molecule has 0 radical (unpaired) electrons. The Labute approximate surface area is 210 Å². The van der Waals surface area contributed by atoms with Gasteiger partial charge < -0.3 is 15.1 Å². The summed E-state index contributed by atoms with van der Waals surface area (Å²) in [5.41, 5.74) is 1.35. The third-order valence-electron chi connectivity index (χ3n) is 7.71. The molecule has 1 aromatic carbocycles. The Morgan fingerprint density at radius 2 is 1.83 bits per heavy atom. The largest absolute Gasteiger partial charge is 0.353 e. The van der Waals surface area contributed by atoms with Crippen LogP contribution in [0.25, 0.3) is 0 Å². The number of benzene rings is 1. The Morgan fingerprint density at radius 3 is 2.46 bits per heavy atom. The number of fused-ring (bicyclic) bond motifs is 1. The molecule has 5 rings (SSSR count). The highest BCUT2D eigenvalue weighted by molar-refractivity contribution is 6.30. The highest BCUT2D eigenvalue weighted by atomic mass is 35.5. The van der Waals surface area contributed by atoms with Crippen molar-refractivity contribution in [2.75, 3.05) is 31.1 Å². The maximum atomic E-state index is 14.4. The lowest BCUT2D eigenvalue weighted by atomic mass is 9.88. The van der Waals surface area contributed by atoms with Crippen LogP contribution in [0.2, 0.25) is 5.02 Å². The fraction of sp³-hybridized carbons (Fsp3) is 0.577. The van der Waals surface area contributed by atoms with E-state index in [-0.39, 0.29) is 41.4 Å². The molecule has 9 heteroatoms. The summed E-state index contributed by atoms with van der Waals surface area (Å²) in [5, 5.41) is 4.30. The molecule has 2 fully saturated rings. The zero-order valence-corrected chi connectivity index (χ0v) is 21.2. The maximum absolute atomic E-state index is 14.4. The van der Waals surface area contributed by atoms with Crippen LogP contribution in [-0.2, 0) is 10.7 Å². The minimum Gasteiger partial charge on any atom is -0.353 e. The molecule has 1 aromatic heterocycles. The quantitative estimate of drug-likeness (QED) is 0.655. The molecule has 1 amide bonds. The number of aromatic nitrogens is 2. The van der Waals surface area contributed by atoms with E-state index in [1.165, 1.54) is 6.33 Å². The molecule has 0 spiro atoms. The first-order valence-corrected chi connectivity index (χ1v) is 12.7. The van der Waals surface area contributed by atoms with E-state index in [0.717, 1.165) is 18.4 Å². The predicted molar refractivity (Wildman–Crippen MR) is 132 cm³/mol. The topological polar surface area (TPSA) is 61.4 Å².